The molecule has 0 saturated heterocycles. The molecular weight excluding hydrogens is 204 g/mol. The van der Waals surface area contributed by atoms with Gasteiger partial charge in [0.25, 0.3) is 0 Å². The largest absolute Gasteiger partial charge is 0.367 e. The molecule has 1 heterocycles. The van der Waals surface area contributed by atoms with Gasteiger partial charge in [0.1, 0.15) is 11.3 Å². The minimum absolute atomic E-state index is 0.399. The lowest BCUT2D eigenvalue weighted by molar-refractivity contribution is -0.0572. The number of aromatic nitrogens is 2. The highest BCUT2D eigenvalue weighted by atomic mass is 16.5. The van der Waals surface area contributed by atoms with Crippen LogP contribution in [-0.4, -0.2) is 22.9 Å². The van der Waals surface area contributed by atoms with Gasteiger partial charge in [0.05, 0.1) is 0 Å². The maximum Gasteiger partial charge on any atom is 0.168 e. The molecule has 0 aliphatic carbocycles. The molecule has 0 spiro atoms. The lowest BCUT2D eigenvalue weighted by atomic mass is 9.96. The van der Waals surface area contributed by atoms with Crippen LogP contribution >= 0.6 is 0 Å². The quantitative estimate of drug-likeness (QED) is 0.693. The van der Waals surface area contributed by atoms with E-state index in [0.717, 1.165) is 19.1 Å². The second-order valence-electron chi connectivity index (χ2n) is 3.56. The summed E-state index contributed by atoms with van der Waals surface area (Å²) < 4.78 is 5.77. The fraction of sp³-hybridized carbons (Fsp3) is 0.583. The normalized spacial score (nSPS) is 11.4. The van der Waals surface area contributed by atoms with Crippen LogP contribution in [0.2, 0.25) is 0 Å². The molecule has 4 nitrogen and oxygen atoms in total. The van der Waals surface area contributed by atoms with E-state index in [4.69, 9.17) is 4.74 Å². The second kappa shape index (κ2) is 5.70. The van der Waals surface area contributed by atoms with Crippen molar-refractivity contribution in [1.82, 2.24) is 9.97 Å². The Morgan fingerprint density at radius 2 is 2.06 bits per heavy atom. The van der Waals surface area contributed by atoms with Crippen molar-refractivity contribution < 1.29 is 9.53 Å². The number of carbonyl (C=O) groups is 1. The van der Waals surface area contributed by atoms with E-state index in [2.05, 4.69) is 9.97 Å². The van der Waals surface area contributed by atoms with Crippen molar-refractivity contribution in [3.8, 4) is 0 Å². The molecule has 1 rings (SSSR count). The molecule has 0 saturated carbocycles. The van der Waals surface area contributed by atoms with Crippen LogP contribution in [0, 0.1) is 0 Å². The molecular formula is C12H18N2O2. The van der Waals surface area contributed by atoms with Crippen molar-refractivity contribution in [3.63, 3.8) is 0 Å². The second-order valence-corrected chi connectivity index (χ2v) is 3.56. The van der Waals surface area contributed by atoms with Crippen molar-refractivity contribution in [2.24, 2.45) is 0 Å². The van der Waals surface area contributed by atoms with E-state index in [-0.39, 0.29) is 0 Å². The van der Waals surface area contributed by atoms with Crippen LogP contribution in [0.1, 0.15) is 49.9 Å². The molecule has 1 aromatic rings. The zero-order valence-corrected chi connectivity index (χ0v) is 10.1. The summed E-state index contributed by atoms with van der Waals surface area (Å²) in [5.41, 5.74) is -0.0655. The third-order valence-electron chi connectivity index (χ3n) is 2.77. The van der Waals surface area contributed by atoms with E-state index in [1.54, 1.807) is 12.3 Å². The summed E-state index contributed by atoms with van der Waals surface area (Å²) >= 11 is 0. The number of aldehydes is 1. The van der Waals surface area contributed by atoms with Crippen LogP contribution in [-0.2, 0) is 10.3 Å². The Morgan fingerprint density at radius 3 is 2.56 bits per heavy atom. The van der Waals surface area contributed by atoms with Crippen LogP contribution in [0.5, 0.6) is 0 Å². The predicted molar refractivity (Wildman–Crippen MR) is 61.3 cm³/mol. The molecule has 0 N–H and O–H groups in total. The zero-order valence-electron chi connectivity index (χ0n) is 10.1. The van der Waals surface area contributed by atoms with Gasteiger partial charge in [0.2, 0.25) is 0 Å². The van der Waals surface area contributed by atoms with Crippen LogP contribution in [0.15, 0.2) is 12.3 Å². The molecule has 1 aromatic heterocycles. The van der Waals surface area contributed by atoms with Gasteiger partial charge in [-0.1, -0.05) is 13.8 Å². The molecule has 0 aliphatic heterocycles. The molecule has 0 radical (unpaired) electrons. The fourth-order valence-electron chi connectivity index (χ4n) is 1.77. The Hall–Kier alpha value is -1.29. The van der Waals surface area contributed by atoms with E-state index in [1.165, 1.54) is 0 Å². The average molecular weight is 222 g/mol. The summed E-state index contributed by atoms with van der Waals surface area (Å²) in [4.78, 5) is 19.1. The molecule has 0 atom stereocenters. The van der Waals surface area contributed by atoms with Crippen molar-refractivity contribution in [2.75, 3.05) is 6.61 Å². The predicted octanol–water partition coefficient (Wildman–Crippen LogP) is 2.34. The van der Waals surface area contributed by atoms with E-state index in [0.29, 0.717) is 18.1 Å². The Balaban J connectivity index is 3.13. The first kappa shape index (κ1) is 12.8. The fourth-order valence-corrected chi connectivity index (χ4v) is 1.77. The van der Waals surface area contributed by atoms with Gasteiger partial charge in [-0.15, -0.1) is 0 Å². The number of rotatable bonds is 6. The number of carbonyl (C=O) groups excluding carboxylic acids is 1. The number of ether oxygens (including phenoxy) is 1. The topological polar surface area (TPSA) is 52.1 Å². The van der Waals surface area contributed by atoms with Gasteiger partial charge in [-0.05, 0) is 25.8 Å². The minimum Gasteiger partial charge on any atom is -0.367 e. The first-order chi connectivity index (χ1) is 7.72. The number of nitrogens with zero attached hydrogens (tertiary/aromatic N) is 2. The van der Waals surface area contributed by atoms with Gasteiger partial charge < -0.3 is 4.74 Å². The standard InChI is InChI=1S/C12H18N2O2/c1-4-12(5-2,16-6-3)11-13-8-7-10(9-15)14-11/h7-9H,4-6H2,1-3H3. The Morgan fingerprint density at radius 1 is 1.38 bits per heavy atom. The maximum atomic E-state index is 10.7. The molecule has 0 bridgehead atoms. The molecule has 0 fully saturated rings. The van der Waals surface area contributed by atoms with Gasteiger partial charge in [-0.3, -0.25) is 4.79 Å². The SMILES string of the molecule is CCOC(CC)(CC)c1nccc(C=O)n1. The highest BCUT2D eigenvalue weighted by molar-refractivity contribution is 5.71. The van der Waals surface area contributed by atoms with E-state index in [1.807, 2.05) is 20.8 Å². The summed E-state index contributed by atoms with van der Waals surface area (Å²) in [6.07, 6.45) is 3.91. The highest BCUT2D eigenvalue weighted by Gasteiger charge is 2.32. The van der Waals surface area contributed by atoms with E-state index in [9.17, 15) is 4.79 Å². The summed E-state index contributed by atoms with van der Waals surface area (Å²) in [6, 6.07) is 1.60. The van der Waals surface area contributed by atoms with Gasteiger partial charge in [-0.25, -0.2) is 9.97 Å². The molecule has 16 heavy (non-hydrogen) atoms. The first-order valence-electron chi connectivity index (χ1n) is 5.65. The van der Waals surface area contributed by atoms with Crippen LogP contribution in [0.4, 0.5) is 0 Å². The zero-order chi connectivity index (χ0) is 12.0. The molecule has 0 aromatic carbocycles. The Labute approximate surface area is 96.1 Å². The third-order valence-corrected chi connectivity index (χ3v) is 2.77. The molecule has 0 aliphatic rings. The van der Waals surface area contributed by atoms with Crippen molar-refractivity contribution in [1.29, 1.82) is 0 Å². The van der Waals surface area contributed by atoms with Crippen molar-refractivity contribution in [2.45, 2.75) is 39.2 Å². The minimum atomic E-state index is -0.465. The lowest BCUT2D eigenvalue weighted by Crippen LogP contribution is -2.31. The van der Waals surface area contributed by atoms with E-state index >= 15 is 0 Å². The highest BCUT2D eigenvalue weighted by Crippen LogP contribution is 2.30. The first-order valence-corrected chi connectivity index (χ1v) is 5.65. The van der Waals surface area contributed by atoms with E-state index < -0.39 is 5.60 Å². The van der Waals surface area contributed by atoms with Gasteiger partial charge >= 0.3 is 0 Å². The smallest absolute Gasteiger partial charge is 0.168 e. The molecule has 88 valence electrons. The third kappa shape index (κ3) is 2.44. The number of hydrogen-bond donors (Lipinski definition) is 0. The number of hydrogen-bond acceptors (Lipinski definition) is 4. The van der Waals surface area contributed by atoms with Crippen LogP contribution in [0.3, 0.4) is 0 Å². The van der Waals surface area contributed by atoms with Gasteiger partial charge in [0.15, 0.2) is 12.1 Å². The maximum absolute atomic E-state index is 10.7. The average Bonchev–Trinajstić information content (AvgIpc) is 2.36. The Bertz CT molecular complexity index is 349. The lowest BCUT2D eigenvalue weighted by Gasteiger charge is -2.29. The monoisotopic (exact) mass is 222 g/mol. The van der Waals surface area contributed by atoms with Crippen LogP contribution < -0.4 is 0 Å². The van der Waals surface area contributed by atoms with Crippen molar-refractivity contribution >= 4 is 6.29 Å². The summed E-state index contributed by atoms with van der Waals surface area (Å²) in [6.45, 7) is 6.63. The van der Waals surface area contributed by atoms with Crippen molar-refractivity contribution in [3.05, 3.63) is 23.8 Å². The molecule has 0 unspecified atom stereocenters. The summed E-state index contributed by atoms with van der Waals surface area (Å²) in [5, 5.41) is 0. The summed E-state index contributed by atoms with van der Waals surface area (Å²) in [5.74, 6) is 0.601. The van der Waals surface area contributed by atoms with Gasteiger partial charge in [-0.2, -0.15) is 0 Å². The molecule has 0 amide bonds. The van der Waals surface area contributed by atoms with Crippen LogP contribution in [0.25, 0.3) is 0 Å². The molecule has 4 heteroatoms. The Kier molecular flexibility index (Phi) is 4.55. The summed E-state index contributed by atoms with van der Waals surface area (Å²) in [7, 11) is 0. The van der Waals surface area contributed by atoms with Gasteiger partial charge in [0, 0.05) is 12.8 Å².